The average Bonchev–Trinajstić information content (AvgIpc) is 2.12. The summed E-state index contributed by atoms with van der Waals surface area (Å²) in [6, 6.07) is 1.95. The first-order chi connectivity index (χ1) is 6.65. The Morgan fingerprint density at radius 1 is 1.43 bits per heavy atom. The Kier molecular flexibility index (Phi) is 3.83. The number of anilines is 1. The summed E-state index contributed by atoms with van der Waals surface area (Å²) in [6.07, 6.45) is 0.874. The maximum absolute atomic E-state index is 9.02. The van der Waals surface area contributed by atoms with Crippen molar-refractivity contribution in [1.82, 2.24) is 9.97 Å². The van der Waals surface area contributed by atoms with Crippen molar-refractivity contribution < 1.29 is 5.11 Å². The second-order valence-electron chi connectivity index (χ2n) is 3.37. The highest BCUT2D eigenvalue weighted by Crippen LogP contribution is 2.08. The number of aliphatic hydroxyl groups excluding tert-OH is 1. The second kappa shape index (κ2) is 4.91. The minimum atomic E-state index is 0.0729. The van der Waals surface area contributed by atoms with Crippen LogP contribution in [0.2, 0.25) is 0 Å². The van der Waals surface area contributed by atoms with Crippen molar-refractivity contribution >= 4 is 5.82 Å². The minimum absolute atomic E-state index is 0.0729. The SMILES string of the molecule is CCC(CO)Nc1cc(C)nc(C)n1. The van der Waals surface area contributed by atoms with E-state index in [1.807, 2.05) is 26.8 Å². The van der Waals surface area contributed by atoms with Crippen LogP contribution < -0.4 is 5.32 Å². The van der Waals surface area contributed by atoms with Gasteiger partial charge < -0.3 is 10.4 Å². The molecule has 4 heteroatoms. The molecule has 1 unspecified atom stereocenters. The molecule has 0 radical (unpaired) electrons. The third kappa shape index (κ3) is 2.96. The third-order valence-electron chi connectivity index (χ3n) is 2.03. The summed E-state index contributed by atoms with van der Waals surface area (Å²) < 4.78 is 0. The van der Waals surface area contributed by atoms with Crippen LogP contribution in [0.3, 0.4) is 0 Å². The zero-order chi connectivity index (χ0) is 10.6. The van der Waals surface area contributed by atoms with E-state index in [9.17, 15) is 0 Å². The van der Waals surface area contributed by atoms with Crippen LogP contribution in [0.15, 0.2) is 6.07 Å². The highest BCUT2D eigenvalue weighted by molar-refractivity contribution is 5.36. The molecule has 4 nitrogen and oxygen atoms in total. The van der Waals surface area contributed by atoms with Crippen LogP contribution in [-0.2, 0) is 0 Å². The molecule has 1 rings (SSSR count). The lowest BCUT2D eigenvalue weighted by molar-refractivity contribution is 0.271. The largest absolute Gasteiger partial charge is 0.394 e. The van der Waals surface area contributed by atoms with Crippen molar-refractivity contribution in [2.45, 2.75) is 33.2 Å². The van der Waals surface area contributed by atoms with E-state index in [4.69, 9.17) is 5.11 Å². The molecule has 14 heavy (non-hydrogen) atoms. The standard InChI is InChI=1S/C10H17N3O/c1-4-9(6-14)13-10-5-7(2)11-8(3)12-10/h5,9,14H,4,6H2,1-3H3,(H,11,12,13). The van der Waals surface area contributed by atoms with Gasteiger partial charge in [-0.2, -0.15) is 0 Å². The van der Waals surface area contributed by atoms with Gasteiger partial charge in [-0.05, 0) is 20.3 Å². The van der Waals surface area contributed by atoms with Crippen LogP contribution >= 0.6 is 0 Å². The maximum Gasteiger partial charge on any atom is 0.130 e. The van der Waals surface area contributed by atoms with Crippen LogP contribution in [-0.4, -0.2) is 27.7 Å². The molecule has 0 aliphatic rings. The van der Waals surface area contributed by atoms with Gasteiger partial charge in [-0.15, -0.1) is 0 Å². The summed E-state index contributed by atoms with van der Waals surface area (Å²) >= 11 is 0. The molecule has 1 aromatic rings. The van der Waals surface area contributed by atoms with E-state index in [1.165, 1.54) is 0 Å². The van der Waals surface area contributed by atoms with Gasteiger partial charge in [0.2, 0.25) is 0 Å². The highest BCUT2D eigenvalue weighted by atomic mass is 16.3. The van der Waals surface area contributed by atoms with Crippen LogP contribution in [0.5, 0.6) is 0 Å². The molecule has 0 aliphatic carbocycles. The van der Waals surface area contributed by atoms with Crippen molar-refractivity contribution in [3.8, 4) is 0 Å². The molecule has 1 heterocycles. The predicted molar refractivity (Wildman–Crippen MR) is 56.3 cm³/mol. The quantitative estimate of drug-likeness (QED) is 0.759. The van der Waals surface area contributed by atoms with Crippen LogP contribution in [0.1, 0.15) is 24.9 Å². The molecule has 0 saturated heterocycles. The van der Waals surface area contributed by atoms with E-state index in [1.54, 1.807) is 0 Å². The fourth-order valence-electron chi connectivity index (χ4n) is 1.28. The van der Waals surface area contributed by atoms with Crippen molar-refractivity contribution in [3.63, 3.8) is 0 Å². The zero-order valence-corrected chi connectivity index (χ0v) is 8.91. The molecule has 0 fully saturated rings. The van der Waals surface area contributed by atoms with Gasteiger partial charge in [0.05, 0.1) is 12.6 Å². The lowest BCUT2D eigenvalue weighted by Crippen LogP contribution is -2.23. The lowest BCUT2D eigenvalue weighted by Gasteiger charge is -2.14. The van der Waals surface area contributed by atoms with Gasteiger partial charge >= 0.3 is 0 Å². The van der Waals surface area contributed by atoms with Crippen molar-refractivity contribution in [3.05, 3.63) is 17.6 Å². The van der Waals surface area contributed by atoms with E-state index in [-0.39, 0.29) is 12.6 Å². The molecule has 0 aliphatic heterocycles. The number of rotatable bonds is 4. The van der Waals surface area contributed by atoms with Gasteiger partial charge in [-0.25, -0.2) is 9.97 Å². The topological polar surface area (TPSA) is 58.0 Å². The number of aliphatic hydroxyl groups is 1. The van der Waals surface area contributed by atoms with E-state index in [2.05, 4.69) is 15.3 Å². The Morgan fingerprint density at radius 3 is 2.64 bits per heavy atom. The monoisotopic (exact) mass is 195 g/mol. The predicted octanol–water partition coefficient (Wildman–Crippen LogP) is 1.28. The first-order valence-corrected chi connectivity index (χ1v) is 4.85. The van der Waals surface area contributed by atoms with E-state index in [0.717, 1.165) is 23.8 Å². The number of aromatic nitrogens is 2. The molecule has 78 valence electrons. The summed E-state index contributed by atoms with van der Waals surface area (Å²) in [6.45, 7) is 5.94. The molecule has 0 aromatic carbocycles. The maximum atomic E-state index is 9.02. The van der Waals surface area contributed by atoms with Gasteiger partial charge in [0.25, 0.3) is 0 Å². The van der Waals surface area contributed by atoms with Gasteiger partial charge in [0.1, 0.15) is 11.6 Å². The lowest BCUT2D eigenvalue weighted by atomic mass is 10.2. The number of hydrogen-bond donors (Lipinski definition) is 2. The molecule has 1 aromatic heterocycles. The first-order valence-electron chi connectivity index (χ1n) is 4.85. The van der Waals surface area contributed by atoms with Crippen LogP contribution in [0.25, 0.3) is 0 Å². The van der Waals surface area contributed by atoms with Gasteiger partial charge in [0.15, 0.2) is 0 Å². The molecule has 0 bridgehead atoms. The van der Waals surface area contributed by atoms with E-state index in [0.29, 0.717) is 0 Å². The Balaban J connectivity index is 2.75. The summed E-state index contributed by atoms with van der Waals surface area (Å²) in [7, 11) is 0. The van der Waals surface area contributed by atoms with Gasteiger partial charge in [-0.3, -0.25) is 0 Å². The molecule has 0 amide bonds. The molecular formula is C10H17N3O. The number of nitrogens with one attached hydrogen (secondary N) is 1. The molecule has 2 N–H and O–H groups in total. The first kappa shape index (κ1) is 10.9. The number of aryl methyl sites for hydroxylation is 2. The number of hydrogen-bond acceptors (Lipinski definition) is 4. The normalized spacial score (nSPS) is 12.6. The average molecular weight is 195 g/mol. The zero-order valence-electron chi connectivity index (χ0n) is 8.91. The summed E-state index contributed by atoms with van der Waals surface area (Å²) in [4.78, 5) is 8.42. The Morgan fingerprint density at radius 2 is 2.14 bits per heavy atom. The van der Waals surface area contributed by atoms with E-state index >= 15 is 0 Å². The molecular weight excluding hydrogens is 178 g/mol. The Bertz CT molecular complexity index is 277. The second-order valence-corrected chi connectivity index (χ2v) is 3.37. The molecule has 1 atom stereocenters. The van der Waals surface area contributed by atoms with Gasteiger partial charge in [0, 0.05) is 11.8 Å². The Hall–Kier alpha value is -1.16. The fourth-order valence-corrected chi connectivity index (χ4v) is 1.28. The summed E-state index contributed by atoms with van der Waals surface area (Å²) in [5.74, 6) is 1.54. The van der Waals surface area contributed by atoms with Crippen molar-refractivity contribution in [1.29, 1.82) is 0 Å². The van der Waals surface area contributed by atoms with Gasteiger partial charge in [-0.1, -0.05) is 6.92 Å². The smallest absolute Gasteiger partial charge is 0.130 e. The van der Waals surface area contributed by atoms with Crippen molar-refractivity contribution in [2.24, 2.45) is 0 Å². The Labute approximate surface area is 84.4 Å². The minimum Gasteiger partial charge on any atom is -0.394 e. The summed E-state index contributed by atoms with van der Waals surface area (Å²) in [5, 5.41) is 12.2. The highest BCUT2D eigenvalue weighted by Gasteiger charge is 2.05. The summed E-state index contributed by atoms with van der Waals surface area (Å²) in [5.41, 5.74) is 0.938. The third-order valence-corrected chi connectivity index (χ3v) is 2.03. The molecule has 0 spiro atoms. The molecule has 0 saturated carbocycles. The van der Waals surface area contributed by atoms with E-state index < -0.39 is 0 Å². The van der Waals surface area contributed by atoms with Crippen LogP contribution in [0, 0.1) is 13.8 Å². The van der Waals surface area contributed by atoms with Crippen molar-refractivity contribution in [2.75, 3.05) is 11.9 Å². The number of nitrogens with zero attached hydrogens (tertiary/aromatic N) is 2. The van der Waals surface area contributed by atoms with Crippen LogP contribution in [0.4, 0.5) is 5.82 Å². The fraction of sp³-hybridized carbons (Fsp3) is 0.600.